The van der Waals surface area contributed by atoms with E-state index in [2.05, 4.69) is 82.4 Å². The predicted molar refractivity (Wildman–Crippen MR) is 134 cm³/mol. The number of carbonyl (C=O) groups is 1. The number of ether oxygens (including phenoxy) is 1. The average Bonchev–Trinajstić information content (AvgIpc) is 2.78. The van der Waals surface area contributed by atoms with Crippen LogP contribution in [0.2, 0.25) is 0 Å². The van der Waals surface area contributed by atoms with E-state index in [4.69, 9.17) is 4.74 Å². The molecule has 0 heterocycles. The molecular weight excluding hydrogens is 394 g/mol. The molecule has 3 rings (SSSR count). The molecule has 0 aliphatic rings. The van der Waals surface area contributed by atoms with Crippen molar-refractivity contribution in [1.82, 2.24) is 0 Å². The Morgan fingerprint density at radius 1 is 0.938 bits per heavy atom. The molecule has 3 heteroatoms. The predicted octanol–water partition coefficient (Wildman–Crippen LogP) is 7.84. The number of anilines is 1. The molecule has 0 bridgehead atoms. The summed E-state index contributed by atoms with van der Waals surface area (Å²) in [5.41, 5.74) is 7.89. The Labute approximate surface area is 192 Å². The highest BCUT2D eigenvalue weighted by Gasteiger charge is 2.23. The SMILES string of the molecule is CCC(=O)Nc1ccc(C(C)C)c(-c2cc(C)ccc2OCc2ccccc2)c1C(C)C. The van der Waals surface area contributed by atoms with Crippen LogP contribution < -0.4 is 10.1 Å². The average molecular weight is 430 g/mol. The summed E-state index contributed by atoms with van der Waals surface area (Å²) in [4.78, 5) is 12.3. The van der Waals surface area contributed by atoms with Crippen molar-refractivity contribution in [2.45, 2.75) is 66.4 Å². The maximum Gasteiger partial charge on any atom is 0.224 e. The van der Waals surface area contributed by atoms with Gasteiger partial charge in [-0.15, -0.1) is 0 Å². The molecular formula is C29H35NO2. The van der Waals surface area contributed by atoms with Gasteiger partial charge in [0.2, 0.25) is 5.91 Å². The molecule has 1 N–H and O–H groups in total. The molecule has 0 aromatic heterocycles. The molecule has 0 saturated heterocycles. The highest BCUT2D eigenvalue weighted by molar-refractivity contribution is 5.94. The van der Waals surface area contributed by atoms with Crippen molar-refractivity contribution >= 4 is 11.6 Å². The normalized spacial score (nSPS) is 11.1. The van der Waals surface area contributed by atoms with Gasteiger partial charge in [-0.25, -0.2) is 0 Å². The zero-order valence-corrected chi connectivity index (χ0v) is 20.2. The van der Waals surface area contributed by atoms with E-state index in [-0.39, 0.29) is 11.8 Å². The van der Waals surface area contributed by atoms with Crippen LogP contribution in [0.3, 0.4) is 0 Å². The van der Waals surface area contributed by atoms with Crippen LogP contribution in [0, 0.1) is 6.92 Å². The third-order valence-corrected chi connectivity index (χ3v) is 5.71. The van der Waals surface area contributed by atoms with Gasteiger partial charge in [-0.3, -0.25) is 4.79 Å². The summed E-state index contributed by atoms with van der Waals surface area (Å²) in [5, 5.41) is 3.13. The summed E-state index contributed by atoms with van der Waals surface area (Å²) in [5.74, 6) is 1.46. The van der Waals surface area contributed by atoms with Crippen molar-refractivity contribution in [1.29, 1.82) is 0 Å². The molecule has 0 unspecified atom stereocenters. The summed E-state index contributed by atoms with van der Waals surface area (Å²) in [6, 6.07) is 20.8. The van der Waals surface area contributed by atoms with Crippen LogP contribution in [0.25, 0.3) is 11.1 Å². The van der Waals surface area contributed by atoms with Gasteiger partial charge in [0.05, 0.1) is 0 Å². The molecule has 1 amide bonds. The largest absolute Gasteiger partial charge is 0.488 e. The maximum absolute atomic E-state index is 12.3. The summed E-state index contributed by atoms with van der Waals surface area (Å²) < 4.78 is 6.36. The molecule has 0 spiro atoms. The van der Waals surface area contributed by atoms with Gasteiger partial charge < -0.3 is 10.1 Å². The van der Waals surface area contributed by atoms with Crippen molar-refractivity contribution < 1.29 is 9.53 Å². The molecule has 32 heavy (non-hydrogen) atoms. The van der Waals surface area contributed by atoms with E-state index in [1.165, 1.54) is 16.7 Å². The fourth-order valence-corrected chi connectivity index (χ4v) is 4.07. The van der Waals surface area contributed by atoms with Gasteiger partial charge in [0.15, 0.2) is 0 Å². The van der Waals surface area contributed by atoms with Crippen molar-refractivity contribution in [3.8, 4) is 16.9 Å². The van der Waals surface area contributed by atoms with Crippen LogP contribution >= 0.6 is 0 Å². The van der Waals surface area contributed by atoms with E-state index in [0.717, 1.165) is 28.1 Å². The lowest BCUT2D eigenvalue weighted by atomic mass is 9.83. The monoisotopic (exact) mass is 429 g/mol. The number of hydrogen-bond acceptors (Lipinski definition) is 2. The summed E-state index contributed by atoms with van der Waals surface area (Å²) >= 11 is 0. The quantitative estimate of drug-likeness (QED) is 0.396. The Hall–Kier alpha value is -3.07. The lowest BCUT2D eigenvalue weighted by molar-refractivity contribution is -0.115. The van der Waals surface area contributed by atoms with Crippen molar-refractivity contribution in [3.63, 3.8) is 0 Å². The fourth-order valence-electron chi connectivity index (χ4n) is 4.07. The first-order valence-corrected chi connectivity index (χ1v) is 11.6. The molecule has 3 nitrogen and oxygen atoms in total. The Morgan fingerprint density at radius 3 is 2.28 bits per heavy atom. The minimum Gasteiger partial charge on any atom is -0.488 e. The highest BCUT2D eigenvalue weighted by Crippen LogP contribution is 2.44. The van der Waals surface area contributed by atoms with E-state index >= 15 is 0 Å². The van der Waals surface area contributed by atoms with Crippen LogP contribution in [0.4, 0.5) is 5.69 Å². The molecule has 3 aromatic carbocycles. The zero-order valence-electron chi connectivity index (χ0n) is 20.2. The van der Waals surface area contributed by atoms with E-state index < -0.39 is 0 Å². The third kappa shape index (κ3) is 5.40. The standard InChI is InChI=1S/C29H35NO2/c1-7-27(31)30-25-15-14-23(19(2)3)29(28(25)20(4)5)24-17-21(6)13-16-26(24)32-18-22-11-9-8-10-12-22/h8-17,19-20H,7,18H2,1-6H3,(H,30,31). The topological polar surface area (TPSA) is 38.3 Å². The van der Waals surface area contributed by atoms with E-state index in [0.29, 0.717) is 18.9 Å². The van der Waals surface area contributed by atoms with Crippen LogP contribution in [-0.4, -0.2) is 5.91 Å². The number of carbonyl (C=O) groups excluding carboxylic acids is 1. The molecule has 0 atom stereocenters. The molecule has 0 aliphatic carbocycles. The fraction of sp³-hybridized carbons (Fsp3) is 0.345. The Kier molecular flexibility index (Phi) is 7.74. The van der Waals surface area contributed by atoms with Crippen LogP contribution in [0.1, 0.15) is 75.1 Å². The summed E-state index contributed by atoms with van der Waals surface area (Å²) in [6.45, 7) is 13.3. The van der Waals surface area contributed by atoms with Crippen LogP contribution in [0.5, 0.6) is 5.75 Å². The first-order chi connectivity index (χ1) is 15.3. The Morgan fingerprint density at radius 2 is 1.66 bits per heavy atom. The van der Waals surface area contributed by atoms with Crippen molar-refractivity contribution in [3.05, 3.63) is 82.9 Å². The molecule has 168 valence electrons. The number of hydrogen-bond donors (Lipinski definition) is 1. The van der Waals surface area contributed by atoms with Crippen molar-refractivity contribution in [2.75, 3.05) is 5.32 Å². The first-order valence-electron chi connectivity index (χ1n) is 11.6. The van der Waals surface area contributed by atoms with Gasteiger partial charge in [-0.1, -0.05) is 82.6 Å². The molecule has 0 saturated carbocycles. The van der Waals surface area contributed by atoms with Gasteiger partial charge in [0.25, 0.3) is 0 Å². The van der Waals surface area contributed by atoms with E-state index in [1.807, 2.05) is 25.1 Å². The second-order valence-electron chi connectivity index (χ2n) is 8.98. The third-order valence-electron chi connectivity index (χ3n) is 5.71. The smallest absolute Gasteiger partial charge is 0.224 e. The van der Waals surface area contributed by atoms with Crippen molar-refractivity contribution in [2.24, 2.45) is 0 Å². The minimum absolute atomic E-state index is 0.0277. The van der Waals surface area contributed by atoms with E-state index in [1.54, 1.807) is 0 Å². The van der Waals surface area contributed by atoms with Gasteiger partial charge in [-0.2, -0.15) is 0 Å². The van der Waals surface area contributed by atoms with Gasteiger partial charge in [0, 0.05) is 17.7 Å². The van der Waals surface area contributed by atoms with Gasteiger partial charge in [-0.05, 0) is 59.2 Å². The number of amides is 1. The van der Waals surface area contributed by atoms with Gasteiger partial charge >= 0.3 is 0 Å². The molecule has 0 fully saturated rings. The summed E-state index contributed by atoms with van der Waals surface area (Å²) in [6.07, 6.45) is 0.453. The minimum atomic E-state index is 0.0277. The second-order valence-corrected chi connectivity index (χ2v) is 8.98. The Balaban J connectivity index is 2.19. The lowest BCUT2D eigenvalue weighted by Gasteiger charge is -2.25. The van der Waals surface area contributed by atoms with Crippen LogP contribution in [0.15, 0.2) is 60.7 Å². The maximum atomic E-state index is 12.3. The first kappa shape index (κ1) is 23.6. The number of rotatable bonds is 8. The Bertz CT molecular complexity index is 1070. The molecule has 3 aromatic rings. The molecule has 0 aliphatic heterocycles. The van der Waals surface area contributed by atoms with Gasteiger partial charge in [0.1, 0.15) is 12.4 Å². The number of benzene rings is 3. The van der Waals surface area contributed by atoms with Crippen LogP contribution in [-0.2, 0) is 11.4 Å². The summed E-state index contributed by atoms with van der Waals surface area (Å²) in [7, 11) is 0. The molecule has 0 radical (unpaired) electrons. The number of aryl methyl sites for hydroxylation is 1. The number of nitrogens with one attached hydrogen (secondary N) is 1. The zero-order chi connectivity index (χ0) is 23.3. The highest BCUT2D eigenvalue weighted by atomic mass is 16.5. The second kappa shape index (κ2) is 10.5. The lowest BCUT2D eigenvalue weighted by Crippen LogP contribution is -2.13. The van der Waals surface area contributed by atoms with E-state index in [9.17, 15) is 4.79 Å².